The van der Waals surface area contributed by atoms with Gasteiger partial charge in [0.1, 0.15) is 11.1 Å². The van der Waals surface area contributed by atoms with Gasteiger partial charge in [-0.1, -0.05) is 6.42 Å². The number of thiazole rings is 1. The van der Waals surface area contributed by atoms with Crippen LogP contribution in [0.4, 0.5) is 0 Å². The van der Waals surface area contributed by atoms with Crippen molar-refractivity contribution in [2.75, 3.05) is 34.3 Å². The van der Waals surface area contributed by atoms with Gasteiger partial charge in [0.2, 0.25) is 5.91 Å². The number of guanidine groups is 1. The minimum atomic E-state index is 0. The largest absolute Gasteiger partial charge is 0.375 e. The molecule has 0 spiro atoms. The number of rotatable bonds is 9. The van der Waals surface area contributed by atoms with Crippen molar-refractivity contribution in [2.24, 2.45) is 10.9 Å². The van der Waals surface area contributed by atoms with Gasteiger partial charge < -0.3 is 20.3 Å². The Kier molecular flexibility index (Phi) is 11.2. The van der Waals surface area contributed by atoms with Gasteiger partial charge in [-0.3, -0.25) is 9.79 Å². The highest BCUT2D eigenvalue weighted by atomic mass is 127. The van der Waals surface area contributed by atoms with Crippen LogP contribution >= 0.6 is 35.3 Å². The molecule has 1 unspecified atom stereocenters. The third-order valence-electron chi connectivity index (χ3n) is 4.66. The Balaban J connectivity index is 0.00000364. The van der Waals surface area contributed by atoms with Crippen molar-refractivity contribution in [1.82, 2.24) is 20.5 Å². The molecule has 27 heavy (non-hydrogen) atoms. The Labute approximate surface area is 183 Å². The second-order valence-corrected chi connectivity index (χ2v) is 7.55. The van der Waals surface area contributed by atoms with Crippen molar-refractivity contribution in [2.45, 2.75) is 45.3 Å². The van der Waals surface area contributed by atoms with E-state index in [2.05, 4.69) is 26.0 Å². The van der Waals surface area contributed by atoms with Gasteiger partial charge in [0, 0.05) is 45.6 Å². The van der Waals surface area contributed by atoms with E-state index in [4.69, 9.17) is 4.74 Å². The molecule has 0 aromatic carbocycles. The van der Waals surface area contributed by atoms with E-state index in [1.165, 1.54) is 6.42 Å². The fourth-order valence-corrected chi connectivity index (χ4v) is 3.54. The molecule has 1 aliphatic carbocycles. The lowest BCUT2D eigenvalue weighted by atomic mass is 9.85. The monoisotopic (exact) mass is 509 g/mol. The molecule has 0 radical (unpaired) electrons. The van der Waals surface area contributed by atoms with E-state index in [9.17, 15) is 4.79 Å². The zero-order valence-electron chi connectivity index (χ0n) is 16.7. The van der Waals surface area contributed by atoms with Crippen molar-refractivity contribution in [1.29, 1.82) is 0 Å². The minimum Gasteiger partial charge on any atom is -0.375 e. The van der Waals surface area contributed by atoms with E-state index in [1.54, 1.807) is 25.5 Å². The summed E-state index contributed by atoms with van der Waals surface area (Å²) in [6.07, 6.45) is 4.17. The van der Waals surface area contributed by atoms with Crippen molar-refractivity contribution in [3.05, 3.63) is 16.1 Å². The van der Waals surface area contributed by atoms with E-state index in [-0.39, 0.29) is 41.9 Å². The highest BCUT2D eigenvalue weighted by Crippen LogP contribution is 2.26. The Morgan fingerprint density at radius 3 is 2.74 bits per heavy atom. The first kappa shape index (κ1) is 24.1. The van der Waals surface area contributed by atoms with E-state index in [1.807, 2.05) is 18.9 Å². The Morgan fingerprint density at radius 2 is 2.15 bits per heavy atom. The van der Waals surface area contributed by atoms with Crippen LogP contribution in [0.5, 0.6) is 0 Å². The molecule has 2 rings (SSSR count). The molecule has 1 aromatic heterocycles. The number of halogens is 1. The maximum atomic E-state index is 11.8. The second-order valence-electron chi connectivity index (χ2n) is 6.66. The summed E-state index contributed by atoms with van der Waals surface area (Å²) in [6.45, 7) is 4.15. The average Bonchev–Trinajstić information content (AvgIpc) is 3.04. The van der Waals surface area contributed by atoms with E-state index < -0.39 is 0 Å². The van der Waals surface area contributed by atoms with Gasteiger partial charge in [-0.15, -0.1) is 35.3 Å². The third-order valence-corrected chi connectivity index (χ3v) is 5.71. The van der Waals surface area contributed by atoms with Gasteiger partial charge in [-0.2, -0.15) is 0 Å². The zero-order valence-corrected chi connectivity index (χ0v) is 19.8. The SMILES string of the molecule is CN=C(NCCCNC(=O)C1CCC1)N(C)Cc1csc(C(C)OC)n1.I. The van der Waals surface area contributed by atoms with Crippen LogP contribution in [0.15, 0.2) is 10.4 Å². The molecular weight excluding hydrogens is 477 g/mol. The molecule has 1 saturated carbocycles. The number of methoxy groups -OCH3 is 1. The smallest absolute Gasteiger partial charge is 0.223 e. The van der Waals surface area contributed by atoms with Gasteiger partial charge in [-0.05, 0) is 26.2 Å². The predicted molar refractivity (Wildman–Crippen MR) is 121 cm³/mol. The number of aromatic nitrogens is 1. The predicted octanol–water partition coefficient (Wildman–Crippen LogP) is 2.78. The molecule has 1 aromatic rings. The van der Waals surface area contributed by atoms with Crippen LogP contribution in [-0.4, -0.2) is 56.0 Å². The topological polar surface area (TPSA) is 78.9 Å². The van der Waals surface area contributed by atoms with Crippen LogP contribution in [0.2, 0.25) is 0 Å². The first-order chi connectivity index (χ1) is 12.5. The van der Waals surface area contributed by atoms with Crippen LogP contribution in [-0.2, 0) is 16.1 Å². The van der Waals surface area contributed by atoms with Crippen LogP contribution in [0, 0.1) is 5.92 Å². The fraction of sp³-hybridized carbons (Fsp3) is 0.722. The highest BCUT2D eigenvalue weighted by Gasteiger charge is 2.24. The van der Waals surface area contributed by atoms with Crippen LogP contribution in [0.3, 0.4) is 0 Å². The standard InChI is InChI=1S/C18H31N5O2S.HI/c1-13(25-4)17-22-15(12-26-17)11-23(3)18(19-2)21-10-6-9-20-16(24)14-7-5-8-14;/h12-14H,5-11H2,1-4H3,(H,19,21)(H,20,24);1H. The van der Waals surface area contributed by atoms with Crippen molar-refractivity contribution in [3.63, 3.8) is 0 Å². The van der Waals surface area contributed by atoms with Crippen molar-refractivity contribution in [3.8, 4) is 0 Å². The number of carbonyl (C=O) groups is 1. The Hall–Kier alpha value is -0.940. The molecule has 0 aliphatic heterocycles. The molecule has 1 heterocycles. The number of nitrogens with zero attached hydrogens (tertiary/aromatic N) is 3. The minimum absolute atomic E-state index is 0. The first-order valence-electron chi connectivity index (χ1n) is 9.21. The van der Waals surface area contributed by atoms with E-state index in [0.29, 0.717) is 13.1 Å². The Bertz CT molecular complexity index is 606. The van der Waals surface area contributed by atoms with Gasteiger partial charge in [0.15, 0.2) is 5.96 Å². The number of hydrogen-bond acceptors (Lipinski definition) is 5. The maximum Gasteiger partial charge on any atom is 0.223 e. The summed E-state index contributed by atoms with van der Waals surface area (Å²) in [4.78, 5) is 22.8. The van der Waals surface area contributed by atoms with Crippen molar-refractivity contribution < 1.29 is 9.53 Å². The summed E-state index contributed by atoms with van der Waals surface area (Å²) < 4.78 is 5.31. The van der Waals surface area contributed by atoms with E-state index >= 15 is 0 Å². The summed E-state index contributed by atoms with van der Waals surface area (Å²) in [5, 5.41) is 9.40. The van der Waals surface area contributed by atoms with Crippen LogP contribution < -0.4 is 10.6 Å². The summed E-state index contributed by atoms with van der Waals surface area (Å²) >= 11 is 1.62. The van der Waals surface area contributed by atoms with E-state index in [0.717, 1.165) is 42.5 Å². The van der Waals surface area contributed by atoms with Crippen LogP contribution in [0.1, 0.15) is 49.4 Å². The number of aliphatic imine (C=N–C) groups is 1. The molecule has 0 saturated heterocycles. The lowest BCUT2D eigenvalue weighted by molar-refractivity contribution is -0.127. The van der Waals surface area contributed by atoms with Crippen LogP contribution in [0.25, 0.3) is 0 Å². The molecule has 1 fully saturated rings. The third kappa shape index (κ3) is 7.53. The maximum absolute atomic E-state index is 11.8. The number of carbonyl (C=O) groups excluding carboxylic acids is 1. The second kappa shape index (κ2) is 12.5. The fourth-order valence-electron chi connectivity index (χ4n) is 2.70. The molecule has 1 atom stereocenters. The molecule has 9 heteroatoms. The molecule has 0 bridgehead atoms. The zero-order chi connectivity index (χ0) is 18.9. The van der Waals surface area contributed by atoms with Gasteiger partial charge in [0.25, 0.3) is 0 Å². The first-order valence-corrected chi connectivity index (χ1v) is 10.1. The molecule has 154 valence electrons. The molecular formula is C18H32IN5O2S. The molecule has 1 aliphatic rings. The van der Waals surface area contributed by atoms with Crippen molar-refractivity contribution >= 4 is 47.2 Å². The molecule has 2 N–H and O–H groups in total. The summed E-state index contributed by atoms with van der Waals surface area (Å²) in [5.41, 5.74) is 1.01. The number of nitrogens with one attached hydrogen (secondary N) is 2. The quantitative estimate of drug-likeness (QED) is 0.232. The van der Waals surface area contributed by atoms with Gasteiger partial charge in [-0.25, -0.2) is 4.98 Å². The number of hydrogen-bond donors (Lipinski definition) is 2. The lowest BCUT2D eigenvalue weighted by Crippen LogP contribution is -2.40. The summed E-state index contributed by atoms with van der Waals surface area (Å²) in [5.74, 6) is 1.29. The normalized spacial score (nSPS) is 15.5. The Morgan fingerprint density at radius 1 is 1.44 bits per heavy atom. The summed E-state index contributed by atoms with van der Waals surface area (Å²) in [7, 11) is 5.46. The molecule has 1 amide bonds. The lowest BCUT2D eigenvalue weighted by Gasteiger charge is -2.24. The summed E-state index contributed by atoms with van der Waals surface area (Å²) in [6, 6.07) is 0. The average molecular weight is 509 g/mol. The molecule has 7 nitrogen and oxygen atoms in total. The number of amides is 1. The highest BCUT2D eigenvalue weighted by molar-refractivity contribution is 14.0. The van der Waals surface area contributed by atoms with Gasteiger partial charge >= 0.3 is 0 Å². The number of ether oxygens (including phenoxy) is 1. The van der Waals surface area contributed by atoms with Gasteiger partial charge in [0.05, 0.1) is 12.2 Å².